The van der Waals surface area contributed by atoms with Crippen molar-refractivity contribution in [2.24, 2.45) is 0 Å². The zero-order valence-corrected chi connectivity index (χ0v) is 26.1. The number of pyridine rings is 1. The van der Waals surface area contributed by atoms with E-state index >= 15 is 0 Å². The lowest BCUT2D eigenvalue weighted by Gasteiger charge is -2.11. The van der Waals surface area contributed by atoms with Crippen molar-refractivity contribution in [3.05, 3.63) is 90.3 Å². The first-order chi connectivity index (χ1) is 22.6. The third-order valence-electron chi connectivity index (χ3n) is 7.48. The topological polar surface area (TPSA) is 124 Å². The lowest BCUT2D eigenvalue weighted by atomic mass is 10.0. The summed E-state index contributed by atoms with van der Waals surface area (Å²) in [6.07, 6.45) is 4.40. The number of aromatic amines is 1. The van der Waals surface area contributed by atoms with Gasteiger partial charge >= 0.3 is 0 Å². The van der Waals surface area contributed by atoms with Gasteiger partial charge in [-0.1, -0.05) is 36.4 Å². The molecule has 0 aliphatic heterocycles. The maximum absolute atomic E-state index is 11.7. The molecule has 0 aliphatic rings. The molecule has 0 bridgehead atoms. The first-order valence-corrected chi connectivity index (χ1v) is 15.5. The van der Waals surface area contributed by atoms with Crippen molar-refractivity contribution < 1.29 is 28.5 Å². The number of fused-ring (bicyclic) bond motifs is 3. The van der Waals surface area contributed by atoms with Gasteiger partial charge in [-0.15, -0.1) is 0 Å². The van der Waals surface area contributed by atoms with Gasteiger partial charge in [0.2, 0.25) is 0 Å². The van der Waals surface area contributed by atoms with E-state index in [2.05, 4.69) is 63.1 Å². The van der Waals surface area contributed by atoms with E-state index in [0.29, 0.717) is 89.0 Å². The average Bonchev–Trinajstić information content (AvgIpc) is 3.46. The molecule has 46 heavy (non-hydrogen) atoms. The summed E-state index contributed by atoms with van der Waals surface area (Å²) in [5, 5.41) is 8.85. The van der Waals surface area contributed by atoms with Crippen molar-refractivity contribution in [1.82, 2.24) is 9.97 Å². The number of H-pyrrole nitrogens is 1. The van der Waals surface area contributed by atoms with Crippen LogP contribution in [0.4, 0.5) is 11.4 Å². The SMILES string of the molecule is CC(=O)c1cccc(NCCOCCOCCOCCOCCNc2ccc(-c3ccc4c(c3)[nH]c3ccncc34)cc2)c1C=O. The number of aromatic nitrogens is 2. The second kappa shape index (κ2) is 17.2. The van der Waals surface area contributed by atoms with Crippen LogP contribution < -0.4 is 10.6 Å². The second-order valence-electron chi connectivity index (χ2n) is 10.6. The first-order valence-electron chi connectivity index (χ1n) is 15.5. The molecule has 0 saturated carbocycles. The van der Waals surface area contributed by atoms with Gasteiger partial charge in [0.1, 0.15) is 0 Å². The van der Waals surface area contributed by atoms with E-state index in [1.165, 1.54) is 12.3 Å². The standard InChI is InChI=1S/C36H40N4O6/c1-26(42)30-3-2-4-34(33(30)25-41)39-14-16-44-18-20-46-22-21-45-19-17-43-15-13-38-29-8-5-27(6-9-29)28-7-10-31-32-24-37-12-11-35(32)40-36(31)23-28/h2-12,23-25,38-40H,13-22H2,1H3. The maximum Gasteiger partial charge on any atom is 0.160 e. The summed E-state index contributed by atoms with van der Waals surface area (Å²) in [5.74, 6) is -0.142. The molecule has 0 atom stereocenters. The molecule has 0 fully saturated rings. The largest absolute Gasteiger partial charge is 0.383 e. The van der Waals surface area contributed by atoms with Crippen molar-refractivity contribution in [1.29, 1.82) is 0 Å². The summed E-state index contributed by atoms with van der Waals surface area (Å²) in [6.45, 7) is 6.59. The predicted octanol–water partition coefficient (Wildman–Crippen LogP) is 5.99. The van der Waals surface area contributed by atoms with E-state index in [9.17, 15) is 9.59 Å². The highest BCUT2D eigenvalue weighted by molar-refractivity contribution is 6.07. The van der Waals surface area contributed by atoms with Crippen LogP contribution in [0.2, 0.25) is 0 Å². The Morgan fingerprint density at radius 2 is 1.39 bits per heavy atom. The van der Waals surface area contributed by atoms with Crippen molar-refractivity contribution in [2.75, 3.05) is 76.6 Å². The number of nitrogens with zero attached hydrogens (tertiary/aromatic N) is 1. The van der Waals surface area contributed by atoms with Gasteiger partial charge in [-0.3, -0.25) is 14.6 Å². The Balaban J connectivity index is 0.855. The maximum atomic E-state index is 11.7. The number of aldehydes is 1. The van der Waals surface area contributed by atoms with Crippen molar-refractivity contribution in [3.63, 3.8) is 0 Å². The fraction of sp³-hybridized carbons (Fsp3) is 0.306. The normalized spacial score (nSPS) is 11.2. The Hall–Kier alpha value is -4.61. The van der Waals surface area contributed by atoms with E-state index in [-0.39, 0.29) is 5.78 Å². The quantitative estimate of drug-likeness (QED) is 0.0544. The zero-order chi connectivity index (χ0) is 32.0. The average molecular weight is 625 g/mol. The number of rotatable bonds is 20. The Morgan fingerprint density at radius 1 is 0.739 bits per heavy atom. The zero-order valence-electron chi connectivity index (χ0n) is 26.1. The smallest absolute Gasteiger partial charge is 0.160 e. The number of ether oxygens (including phenoxy) is 4. The van der Waals surface area contributed by atoms with Gasteiger partial charge in [0.15, 0.2) is 12.1 Å². The van der Waals surface area contributed by atoms with Gasteiger partial charge < -0.3 is 34.6 Å². The molecule has 10 heteroatoms. The molecule has 0 aliphatic carbocycles. The monoisotopic (exact) mass is 624 g/mol. The number of hydrogen-bond donors (Lipinski definition) is 3. The van der Waals surface area contributed by atoms with E-state index in [1.54, 1.807) is 24.4 Å². The lowest BCUT2D eigenvalue weighted by Crippen LogP contribution is -2.16. The van der Waals surface area contributed by atoms with Crippen LogP contribution in [0.5, 0.6) is 0 Å². The van der Waals surface area contributed by atoms with Crippen LogP contribution in [0, 0.1) is 0 Å². The first kappa shape index (κ1) is 32.8. The molecule has 2 aromatic heterocycles. The molecule has 3 N–H and O–H groups in total. The molecular formula is C36H40N4O6. The molecular weight excluding hydrogens is 584 g/mol. The molecule has 10 nitrogen and oxygen atoms in total. The van der Waals surface area contributed by atoms with Crippen LogP contribution >= 0.6 is 0 Å². The number of benzene rings is 3. The van der Waals surface area contributed by atoms with Crippen LogP contribution in [-0.2, 0) is 18.9 Å². The van der Waals surface area contributed by atoms with E-state index < -0.39 is 0 Å². The molecule has 0 spiro atoms. The van der Waals surface area contributed by atoms with Crippen molar-refractivity contribution >= 4 is 45.3 Å². The van der Waals surface area contributed by atoms with Gasteiger partial charge in [-0.25, -0.2) is 0 Å². The number of anilines is 2. The number of ketones is 1. The Morgan fingerprint density at radius 3 is 2.07 bits per heavy atom. The highest BCUT2D eigenvalue weighted by Gasteiger charge is 2.11. The van der Waals surface area contributed by atoms with Crippen LogP contribution in [0.25, 0.3) is 32.9 Å². The number of Topliss-reactive ketones (excluding diaryl/α,β-unsaturated/α-hetero) is 1. The predicted molar refractivity (Wildman–Crippen MR) is 181 cm³/mol. The third-order valence-corrected chi connectivity index (χ3v) is 7.48. The highest BCUT2D eigenvalue weighted by Crippen LogP contribution is 2.29. The highest BCUT2D eigenvalue weighted by atomic mass is 16.6. The fourth-order valence-corrected chi connectivity index (χ4v) is 5.15. The van der Waals surface area contributed by atoms with E-state index in [4.69, 9.17) is 18.9 Å². The molecule has 3 aromatic carbocycles. The Kier molecular flexibility index (Phi) is 12.2. The van der Waals surface area contributed by atoms with E-state index in [0.717, 1.165) is 33.2 Å². The molecule has 0 amide bonds. The van der Waals surface area contributed by atoms with Crippen molar-refractivity contribution in [3.8, 4) is 11.1 Å². The van der Waals surface area contributed by atoms with Gasteiger partial charge in [-0.05, 0) is 48.4 Å². The minimum atomic E-state index is -0.142. The molecule has 0 unspecified atom stereocenters. The van der Waals surface area contributed by atoms with Gasteiger partial charge in [-0.2, -0.15) is 0 Å². The van der Waals surface area contributed by atoms with Gasteiger partial charge in [0.05, 0.1) is 52.9 Å². The van der Waals surface area contributed by atoms with Crippen LogP contribution in [0.15, 0.2) is 79.1 Å². The van der Waals surface area contributed by atoms with Crippen LogP contribution in [0.3, 0.4) is 0 Å². The van der Waals surface area contributed by atoms with E-state index in [1.807, 2.05) is 12.3 Å². The van der Waals surface area contributed by atoms with Crippen molar-refractivity contribution in [2.45, 2.75) is 6.92 Å². The minimum absolute atomic E-state index is 0.142. The van der Waals surface area contributed by atoms with Gasteiger partial charge in [0.25, 0.3) is 0 Å². The molecule has 0 radical (unpaired) electrons. The second-order valence-corrected chi connectivity index (χ2v) is 10.6. The molecule has 5 aromatic rings. The summed E-state index contributed by atoms with van der Waals surface area (Å²) < 4.78 is 22.3. The summed E-state index contributed by atoms with van der Waals surface area (Å²) in [4.78, 5) is 30.8. The summed E-state index contributed by atoms with van der Waals surface area (Å²) >= 11 is 0. The Bertz CT molecular complexity index is 1720. The summed E-state index contributed by atoms with van der Waals surface area (Å²) in [5.41, 5.74) is 6.98. The fourth-order valence-electron chi connectivity index (χ4n) is 5.15. The Labute approximate surface area is 268 Å². The number of nitrogens with one attached hydrogen (secondary N) is 3. The summed E-state index contributed by atoms with van der Waals surface area (Å²) in [7, 11) is 0. The number of carbonyl (C=O) groups is 2. The molecule has 240 valence electrons. The summed E-state index contributed by atoms with van der Waals surface area (Å²) in [6, 6.07) is 22.1. The molecule has 2 heterocycles. The minimum Gasteiger partial charge on any atom is -0.383 e. The number of hydrogen-bond acceptors (Lipinski definition) is 9. The molecule has 0 saturated heterocycles. The lowest BCUT2D eigenvalue weighted by molar-refractivity contribution is 0.000299. The number of carbonyl (C=O) groups excluding carboxylic acids is 2. The van der Waals surface area contributed by atoms with Gasteiger partial charge in [0, 0.05) is 69.8 Å². The third kappa shape index (κ3) is 8.98. The molecule has 5 rings (SSSR count). The van der Waals surface area contributed by atoms with Crippen LogP contribution in [0.1, 0.15) is 27.6 Å². The van der Waals surface area contributed by atoms with Crippen LogP contribution in [-0.4, -0.2) is 88.0 Å².